The zero-order valence-electron chi connectivity index (χ0n) is 11.9. The normalized spacial score (nSPS) is 11.2. The first-order valence-corrected chi connectivity index (χ1v) is 6.34. The van der Waals surface area contributed by atoms with Crippen LogP contribution in [-0.2, 0) is 4.79 Å². The zero-order valence-corrected chi connectivity index (χ0v) is 11.9. The Labute approximate surface area is 113 Å². The standard InChI is InChI=1S/C14H22FN3O/c1-10(19)18-11-5-6-12(15)13(9-11)16-7-8-17-14(2,3)4/h5-6,9,16-17H,7-8H2,1-4H3,(H,18,19). The molecule has 1 rings (SSSR count). The third kappa shape index (κ3) is 6.20. The van der Waals surface area contributed by atoms with E-state index < -0.39 is 0 Å². The van der Waals surface area contributed by atoms with Gasteiger partial charge in [0.1, 0.15) is 5.82 Å². The molecule has 0 heterocycles. The van der Waals surface area contributed by atoms with Gasteiger partial charge < -0.3 is 16.0 Å². The van der Waals surface area contributed by atoms with Crippen LogP contribution >= 0.6 is 0 Å². The summed E-state index contributed by atoms with van der Waals surface area (Å²) in [7, 11) is 0. The van der Waals surface area contributed by atoms with Crippen molar-refractivity contribution in [2.75, 3.05) is 23.7 Å². The Morgan fingerprint density at radius 2 is 1.95 bits per heavy atom. The molecule has 0 atom stereocenters. The van der Waals surface area contributed by atoms with Gasteiger partial charge in [-0.25, -0.2) is 4.39 Å². The second-order valence-electron chi connectivity index (χ2n) is 5.48. The van der Waals surface area contributed by atoms with E-state index in [2.05, 4.69) is 36.7 Å². The summed E-state index contributed by atoms with van der Waals surface area (Å²) >= 11 is 0. The first-order valence-electron chi connectivity index (χ1n) is 6.34. The molecule has 0 unspecified atom stereocenters. The lowest BCUT2D eigenvalue weighted by atomic mass is 10.1. The van der Waals surface area contributed by atoms with Crippen molar-refractivity contribution >= 4 is 17.3 Å². The third-order valence-corrected chi connectivity index (χ3v) is 2.38. The molecule has 1 amide bonds. The minimum absolute atomic E-state index is 0.0399. The predicted molar refractivity (Wildman–Crippen MR) is 76.9 cm³/mol. The Morgan fingerprint density at radius 3 is 2.53 bits per heavy atom. The average Bonchev–Trinajstić information content (AvgIpc) is 2.26. The van der Waals surface area contributed by atoms with E-state index in [1.807, 2.05) is 0 Å². The van der Waals surface area contributed by atoms with E-state index in [1.54, 1.807) is 6.07 Å². The number of nitrogens with one attached hydrogen (secondary N) is 3. The highest BCUT2D eigenvalue weighted by molar-refractivity contribution is 5.89. The van der Waals surface area contributed by atoms with Crippen LogP contribution in [0.25, 0.3) is 0 Å². The molecule has 4 nitrogen and oxygen atoms in total. The van der Waals surface area contributed by atoms with Crippen LogP contribution in [0.5, 0.6) is 0 Å². The maximum atomic E-state index is 13.6. The quantitative estimate of drug-likeness (QED) is 0.719. The molecule has 106 valence electrons. The highest BCUT2D eigenvalue weighted by Gasteiger charge is 2.08. The van der Waals surface area contributed by atoms with Crippen molar-refractivity contribution < 1.29 is 9.18 Å². The molecule has 0 aliphatic rings. The average molecular weight is 267 g/mol. The number of carbonyl (C=O) groups excluding carboxylic acids is 1. The van der Waals surface area contributed by atoms with Crippen LogP contribution in [0, 0.1) is 5.82 Å². The fraction of sp³-hybridized carbons (Fsp3) is 0.500. The Bertz CT molecular complexity index is 441. The van der Waals surface area contributed by atoms with Gasteiger partial charge >= 0.3 is 0 Å². The second kappa shape index (κ2) is 6.52. The first kappa shape index (κ1) is 15.4. The van der Waals surface area contributed by atoms with Crippen LogP contribution in [-0.4, -0.2) is 24.5 Å². The molecule has 0 aromatic heterocycles. The summed E-state index contributed by atoms with van der Waals surface area (Å²) in [6.45, 7) is 8.98. The number of amides is 1. The zero-order chi connectivity index (χ0) is 14.5. The molecule has 0 bridgehead atoms. The fourth-order valence-corrected chi connectivity index (χ4v) is 1.58. The molecule has 0 aliphatic carbocycles. The lowest BCUT2D eigenvalue weighted by Crippen LogP contribution is -2.38. The van der Waals surface area contributed by atoms with Gasteiger partial charge in [-0.15, -0.1) is 0 Å². The van der Waals surface area contributed by atoms with E-state index in [0.29, 0.717) is 17.9 Å². The lowest BCUT2D eigenvalue weighted by Gasteiger charge is -2.20. The van der Waals surface area contributed by atoms with Gasteiger partial charge in [0, 0.05) is 31.2 Å². The summed E-state index contributed by atoms with van der Waals surface area (Å²) < 4.78 is 13.6. The molecule has 0 saturated carbocycles. The highest BCUT2D eigenvalue weighted by Crippen LogP contribution is 2.19. The van der Waals surface area contributed by atoms with Crippen LogP contribution in [0.3, 0.4) is 0 Å². The Morgan fingerprint density at radius 1 is 1.26 bits per heavy atom. The molecule has 0 fully saturated rings. The van der Waals surface area contributed by atoms with E-state index in [0.717, 1.165) is 6.54 Å². The maximum absolute atomic E-state index is 13.6. The molecule has 0 spiro atoms. The van der Waals surface area contributed by atoms with Crippen molar-refractivity contribution in [3.8, 4) is 0 Å². The Hall–Kier alpha value is -1.62. The summed E-state index contributed by atoms with van der Waals surface area (Å²) in [5, 5.41) is 8.94. The summed E-state index contributed by atoms with van der Waals surface area (Å²) in [5.74, 6) is -0.503. The molecule has 0 aliphatic heterocycles. The largest absolute Gasteiger partial charge is 0.381 e. The lowest BCUT2D eigenvalue weighted by molar-refractivity contribution is -0.114. The third-order valence-electron chi connectivity index (χ3n) is 2.38. The SMILES string of the molecule is CC(=O)Nc1ccc(F)c(NCCNC(C)(C)C)c1. The van der Waals surface area contributed by atoms with Gasteiger partial charge in [0.15, 0.2) is 0 Å². The number of hydrogen-bond donors (Lipinski definition) is 3. The van der Waals surface area contributed by atoms with Gasteiger partial charge in [0.05, 0.1) is 5.69 Å². The Kier molecular flexibility index (Phi) is 5.30. The van der Waals surface area contributed by atoms with Gasteiger partial charge in [-0.05, 0) is 39.0 Å². The van der Waals surface area contributed by atoms with E-state index in [-0.39, 0.29) is 17.3 Å². The topological polar surface area (TPSA) is 53.2 Å². The maximum Gasteiger partial charge on any atom is 0.221 e. The minimum atomic E-state index is -0.329. The van der Waals surface area contributed by atoms with Crippen LogP contribution in [0.1, 0.15) is 27.7 Å². The van der Waals surface area contributed by atoms with Crippen LogP contribution < -0.4 is 16.0 Å². The van der Waals surface area contributed by atoms with Crippen molar-refractivity contribution in [1.29, 1.82) is 0 Å². The van der Waals surface area contributed by atoms with Crippen LogP contribution in [0.15, 0.2) is 18.2 Å². The van der Waals surface area contributed by atoms with E-state index >= 15 is 0 Å². The van der Waals surface area contributed by atoms with Crippen molar-refractivity contribution in [1.82, 2.24) is 5.32 Å². The van der Waals surface area contributed by atoms with Gasteiger partial charge in [-0.3, -0.25) is 4.79 Å². The summed E-state index contributed by atoms with van der Waals surface area (Å²) in [4.78, 5) is 10.9. The first-order chi connectivity index (χ1) is 8.78. The molecule has 5 heteroatoms. The van der Waals surface area contributed by atoms with E-state index in [1.165, 1.54) is 19.1 Å². The van der Waals surface area contributed by atoms with E-state index in [4.69, 9.17) is 0 Å². The molecular weight excluding hydrogens is 245 g/mol. The van der Waals surface area contributed by atoms with Gasteiger partial charge in [0.2, 0.25) is 5.91 Å². The van der Waals surface area contributed by atoms with Crippen molar-refractivity contribution in [3.63, 3.8) is 0 Å². The van der Waals surface area contributed by atoms with Gasteiger partial charge in [-0.2, -0.15) is 0 Å². The molecule has 0 radical (unpaired) electrons. The summed E-state index contributed by atoms with van der Waals surface area (Å²) in [6, 6.07) is 4.47. The van der Waals surface area contributed by atoms with Crippen molar-refractivity contribution in [3.05, 3.63) is 24.0 Å². The molecule has 1 aromatic rings. The molecular formula is C14H22FN3O. The molecule has 19 heavy (non-hydrogen) atoms. The number of rotatable bonds is 5. The monoisotopic (exact) mass is 267 g/mol. The number of benzene rings is 1. The van der Waals surface area contributed by atoms with Crippen LogP contribution in [0.2, 0.25) is 0 Å². The van der Waals surface area contributed by atoms with Crippen LogP contribution in [0.4, 0.5) is 15.8 Å². The molecule has 1 aromatic carbocycles. The number of halogens is 1. The molecule has 3 N–H and O–H groups in total. The smallest absolute Gasteiger partial charge is 0.221 e. The second-order valence-corrected chi connectivity index (χ2v) is 5.48. The highest BCUT2D eigenvalue weighted by atomic mass is 19.1. The van der Waals surface area contributed by atoms with E-state index in [9.17, 15) is 9.18 Å². The van der Waals surface area contributed by atoms with Crippen molar-refractivity contribution in [2.24, 2.45) is 0 Å². The van der Waals surface area contributed by atoms with Gasteiger partial charge in [0.25, 0.3) is 0 Å². The van der Waals surface area contributed by atoms with Gasteiger partial charge in [-0.1, -0.05) is 0 Å². The summed E-state index contributed by atoms with van der Waals surface area (Å²) in [6.07, 6.45) is 0. The fourth-order valence-electron chi connectivity index (χ4n) is 1.58. The molecule has 0 saturated heterocycles. The number of carbonyl (C=O) groups is 1. The Balaban J connectivity index is 2.55. The summed E-state index contributed by atoms with van der Waals surface area (Å²) in [5.41, 5.74) is 1.01. The van der Waals surface area contributed by atoms with Crippen molar-refractivity contribution in [2.45, 2.75) is 33.2 Å². The predicted octanol–water partition coefficient (Wildman–Crippen LogP) is 2.58. The number of hydrogen-bond acceptors (Lipinski definition) is 3. The number of anilines is 2. The minimum Gasteiger partial charge on any atom is -0.381 e.